The monoisotopic (exact) mass is 400 g/mol. The predicted molar refractivity (Wildman–Crippen MR) is 119 cm³/mol. The van der Waals surface area contributed by atoms with Crippen molar-refractivity contribution in [1.82, 2.24) is 0 Å². The number of methoxy groups -OCH3 is 1. The molecule has 2 bridgehead atoms. The van der Waals surface area contributed by atoms with Crippen molar-refractivity contribution in [2.24, 2.45) is 16.7 Å². The molecule has 0 radical (unpaired) electrons. The molecule has 0 aromatic heterocycles. The molecule has 0 heterocycles. The van der Waals surface area contributed by atoms with Crippen molar-refractivity contribution in [2.45, 2.75) is 65.7 Å². The fourth-order valence-corrected chi connectivity index (χ4v) is 6.16. The fraction of sp³-hybridized carbons (Fsp3) is 0.625. The number of hydrogen-bond acceptors (Lipinski definition) is 3. The van der Waals surface area contributed by atoms with E-state index in [1.807, 2.05) is 18.2 Å². The number of benzene rings is 1. The van der Waals surface area contributed by atoms with E-state index in [2.05, 4.69) is 46.5 Å². The number of allylic oxidation sites excluding steroid dienone is 1. The van der Waals surface area contributed by atoms with Gasteiger partial charge in [-0.05, 0) is 59.9 Å². The summed E-state index contributed by atoms with van der Waals surface area (Å²) < 4.78 is 11.5. The lowest BCUT2D eigenvalue weighted by Crippen LogP contribution is -2.32. The Bertz CT molecular complexity index is 788. The molecule has 4 heteroatoms. The van der Waals surface area contributed by atoms with Crippen LogP contribution in [0.15, 0.2) is 23.8 Å². The van der Waals surface area contributed by atoms with Crippen LogP contribution in [-0.4, -0.2) is 27.6 Å². The maximum Gasteiger partial charge on any atom is 0.165 e. The molecule has 3 rings (SSSR count). The predicted octanol–water partition coefficient (Wildman–Crippen LogP) is 6.21. The summed E-state index contributed by atoms with van der Waals surface area (Å²) in [6, 6.07) is 7.27. The van der Waals surface area contributed by atoms with E-state index in [0.29, 0.717) is 18.3 Å². The number of fused-ring (bicyclic) bond motifs is 2. The summed E-state index contributed by atoms with van der Waals surface area (Å²) in [5, 5.41) is 0. The lowest BCUT2D eigenvalue weighted by atomic mass is 9.70. The van der Waals surface area contributed by atoms with E-state index in [1.54, 1.807) is 7.11 Å². The lowest BCUT2D eigenvalue weighted by molar-refractivity contribution is -0.125. The molecule has 2 aliphatic rings. The molecule has 2 unspecified atom stereocenters. The Morgan fingerprint density at radius 1 is 1.18 bits per heavy atom. The molecule has 2 atom stereocenters. The highest BCUT2D eigenvalue weighted by molar-refractivity contribution is 6.76. The van der Waals surface area contributed by atoms with Crippen molar-refractivity contribution in [2.75, 3.05) is 13.7 Å². The van der Waals surface area contributed by atoms with Crippen LogP contribution in [0.2, 0.25) is 25.7 Å². The van der Waals surface area contributed by atoms with Crippen molar-refractivity contribution in [1.29, 1.82) is 0 Å². The first-order valence-corrected chi connectivity index (χ1v) is 14.3. The molecule has 2 fully saturated rings. The summed E-state index contributed by atoms with van der Waals surface area (Å²) in [7, 11) is 0.645. The third kappa shape index (κ3) is 3.68. The molecular formula is C24H36O3Si. The second-order valence-electron chi connectivity index (χ2n) is 10.5. The Kier molecular flexibility index (Phi) is 5.57. The minimum atomic E-state index is -1.03. The highest BCUT2D eigenvalue weighted by Crippen LogP contribution is 2.65. The maximum atomic E-state index is 13.1. The summed E-state index contributed by atoms with van der Waals surface area (Å²) in [6.07, 6.45) is 5.27. The zero-order valence-electron chi connectivity index (χ0n) is 18.6. The van der Waals surface area contributed by atoms with E-state index >= 15 is 0 Å². The lowest BCUT2D eigenvalue weighted by Gasteiger charge is -2.31. The van der Waals surface area contributed by atoms with Gasteiger partial charge in [-0.3, -0.25) is 4.79 Å². The maximum absolute atomic E-state index is 13.1. The average molecular weight is 401 g/mol. The Labute approximate surface area is 171 Å². The molecule has 1 aromatic carbocycles. The Balaban J connectivity index is 1.76. The number of carbonyl (C=O) groups excluding carboxylic acids is 1. The molecule has 0 aliphatic heterocycles. The van der Waals surface area contributed by atoms with Crippen molar-refractivity contribution in [3.63, 3.8) is 0 Å². The quantitative estimate of drug-likeness (QED) is 0.310. The van der Waals surface area contributed by atoms with Crippen LogP contribution in [0.4, 0.5) is 0 Å². The van der Waals surface area contributed by atoms with Gasteiger partial charge < -0.3 is 9.47 Å². The Morgan fingerprint density at radius 2 is 1.89 bits per heavy atom. The number of ketones is 1. The number of ether oxygens (including phenoxy) is 2. The van der Waals surface area contributed by atoms with Crippen molar-refractivity contribution >= 4 is 19.9 Å². The van der Waals surface area contributed by atoms with Gasteiger partial charge in [0.25, 0.3) is 0 Å². The molecule has 0 N–H and O–H groups in total. The fourth-order valence-electron chi connectivity index (χ4n) is 4.95. The van der Waals surface area contributed by atoms with E-state index in [1.165, 1.54) is 6.04 Å². The van der Waals surface area contributed by atoms with Gasteiger partial charge in [0.05, 0.1) is 13.7 Å². The highest BCUT2D eigenvalue weighted by Gasteiger charge is 2.63. The first-order valence-electron chi connectivity index (χ1n) is 10.6. The van der Waals surface area contributed by atoms with Crippen LogP contribution in [-0.2, 0) is 4.79 Å². The SMILES string of the molecule is COc1cc(C=C2C(=O)C3(C)CCC2C3(C)C)ccc1OCCC[Si](C)(C)C. The first kappa shape index (κ1) is 21.2. The number of carbonyl (C=O) groups is 1. The summed E-state index contributed by atoms with van der Waals surface area (Å²) in [5.74, 6) is 2.21. The first-order chi connectivity index (χ1) is 13.0. The Hall–Kier alpha value is -1.55. The average Bonchev–Trinajstić information content (AvgIpc) is 2.92. The van der Waals surface area contributed by atoms with Crippen LogP contribution >= 0.6 is 0 Å². The minimum Gasteiger partial charge on any atom is -0.493 e. The third-order valence-electron chi connectivity index (χ3n) is 7.20. The molecule has 28 heavy (non-hydrogen) atoms. The molecule has 2 aliphatic carbocycles. The van der Waals surface area contributed by atoms with E-state index in [-0.39, 0.29) is 10.8 Å². The van der Waals surface area contributed by atoms with Crippen molar-refractivity contribution < 1.29 is 14.3 Å². The number of Topliss-reactive ketones (excluding diaryl/α,β-unsaturated/α-hetero) is 1. The van der Waals surface area contributed by atoms with Gasteiger partial charge in [0, 0.05) is 13.5 Å². The third-order valence-corrected chi connectivity index (χ3v) is 9.06. The van der Waals surface area contributed by atoms with Gasteiger partial charge in [0.15, 0.2) is 17.3 Å². The van der Waals surface area contributed by atoms with Crippen molar-refractivity contribution in [3.05, 3.63) is 29.3 Å². The van der Waals surface area contributed by atoms with E-state index < -0.39 is 8.07 Å². The van der Waals surface area contributed by atoms with Crippen LogP contribution in [0.25, 0.3) is 6.08 Å². The number of hydrogen-bond donors (Lipinski definition) is 0. The number of rotatable bonds is 7. The van der Waals surface area contributed by atoms with Gasteiger partial charge >= 0.3 is 0 Å². The highest BCUT2D eigenvalue weighted by atomic mass is 28.3. The van der Waals surface area contributed by atoms with Gasteiger partial charge in [-0.2, -0.15) is 0 Å². The molecule has 154 valence electrons. The zero-order valence-corrected chi connectivity index (χ0v) is 19.6. The van der Waals surface area contributed by atoms with Gasteiger partial charge in [0.2, 0.25) is 0 Å². The molecule has 0 amide bonds. The second kappa shape index (κ2) is 7.36. The second-order valence-corrected chi connectivity index (χ2v) is 16.1. The summed E-state index contributed by atoms with van der Waals surface area (Å²) in [6.45, 7) is 14.5. The summed E-state index contributed by atoms with van der Waals surface area (Å²) >= 11 is 0. The van der Waals surface area contributed by atoms with Gasteiger partial charge in [0.1, 0.15) is 0 Å². The topological polar surface area (TPSA) is 35.5 Å². The van der Waals surface area contributed by atoms with Crippen LogP contribution < -0.4 is 9.47 Å². The van der Waals surface area contributed by atoms with Crippen LogP contribution in [0, 0.1) is 16.7 Å². The van der Waals surface area contributed by atoms with Gasteiger partial charge in [-0.15, -0.1) is 0 Å². The molecule has 0 saturated heterocycles. The molecule has 3 nitrogen and oxygen atoms in total. The smallest absolute Gasteiger partial charge is 0.165 e. The van der Waals surface area contributed by atoms with Gasteiger partial charge in [-0.25, -0.2) is 0 Å². The van der Waals surface area contributed by atoms with Gasteiger partial charge in [-0.1, -0.05) is 52.5 Å². The standard InChI is InChI=1S/C24H36O3Si/c1-23(2)19-11-12-24(23,3)22(25)18(19)15-17-9-10-20(21(16-17)26-4)27-13-8-14-28(5,6)7/h9-10,15-16,19H,8,11-14H2,1-7H3. The van der Waals surface area contributed by atoms with E-state index in [9.17, 15) is 4.79 Å². The van der Waals surface area contributed by atoms with Crippen LogP contribution in [0.5, 0.6) is 11.5 Å². The molecule has 0 spiro atoms. The molecular weight excluding hydrogens is 364 g/mol. The van der Waals surface area contributed by atoms with Crippen LogP contribution in [0.1, 0.15) is 45.6 Å². The molecule has 2 saturated carbocycles. The minimum absolute atomic E-state index is 0.0411. The van der Waals surface area contributed by atoms with Crippen LogP contribution in [0.3, 0.4) is 0 Å². The van der Waals surface area contributed by atoms with E-state index in [0.717, 1.165) is 41.9 Å². The van der Waals surface area contributed by atoms with Crippen molar-refractivity contribution in [3.8, 4) is 11.5 Å². The summed E-state index contributed by atoms with van der Waals surface area (Å²) in [4.78, 5) is 13.1. The van der Waals surface area contributed by atoms with E-state index in [4.69, 9.17) is 9.47 Å². The largest absolute Gasteiger partial charge is 0.493 e. The zero-order chi connectivity index (χ0) is 20.7. The summed E-state index contributed by atoms with van der Waals surface area (Å²) in [5.41, 5.74) is 1.83. The normalized spacial score (nSPS) is 27.5. The Morgan fingerprint density at radius 3 is 2.46 bits per heavy atom. The molecule has 1 aromatic rings.